The number of amides is 2. The fourth-order valence-corrected chi connectivity index (χ4v) is 4.51. The van der Waals surface area contributed by atoms with Crippen LogP contribution in [0.2, 0.25) is 0 Å². The molecule has 1 aromatic heterocycles. The van der Waals surface area contributed by atoms with Crippen LogP contribution < -0.4 is 10.2 Å². The Kier molecular flexibility index (Phi) is 5.02. The van der Waals surface area contributed by atoms with Crippen molar-refractivity contribution in [1.29, 1.82) is 0 Å². The van der Waals surface area contributed by atoms with E-state index in [2.05, 4.69) is 15.3 Å². The van der Waals surface area contributed by atoms with Gasteiger partial charge in [0.25, 0.3) is 5.91 Å². The smallest absolute Gasteiger partial charge is 0.270 e. The van der Waals surface area contributed by atoms with Crippen LogP contribution in [0.3, 0.4) is 0 Å². The van der Waals surface area contributed by atoms with E-state index in [1.165, 1.54) is 23.2 Å². The second-order valence-corrected chi connectivity index (χ2v) is 7.87. The van der Waals surface area contributed by atoms with Crippen LogP contribution in [-0.4, -0.2) is 34.4 Å². The summed E-state index contributed by atoms with van der Waals surface area (Å²) in [5.74, 6) is -1.31. The summed E-state index contributed by atoms with van der Waals surface area (Å²) in [6, 6.07) is 4.56. The maximum Gasteiger partial charge on any atom is 0.270 e. The number of aryl methyl sites for hydroxylation is 1. The van der Waals surface area contributed by atoms with Crippen molar-refractivity contribution in [1.82, 2.24) is 15.3 Å². The lowest BCUT2D eigenvalue weighted by Gasteiger charge is -2.36. The van der Waals surface area contributed by atoms with Crippen molar-refractivity contribution in [3.05, 3.63) is 53.6 Å². The van der Waals surface area contributed by atoms with Gasteiger partial charge >= 0.3 is 0 Å². The van der Waals surface area contributed by atoms with Crippen molar-refractivity contribution in [2.75, 3.05) is 11.4 Å². The number of anilines is 1. The van der Waals surface area contributed by atoms with Gasteiger partial charge in [-0.05, 0) is 50.8 Å². The van der Waals surface area contributed by atoms with Crippen LogP contribution in [0, 0.1) is 24.0 Å². The number of hydrogen-bond acceptors (Lipinski definition) is 4. The summed E-state index contributed by atoms with van der Waals surface area (Å²) in [6.45, 7) is 2.13. The number of halogens is 2. The third kappa shape index (κ3) is 3.83. The highest BCUT2D eigenvalue weighted by Crippen LogP contribution is 2.46. The summed E-state index contributed by atoms with van der Waals surface area (Å²) in [4.78, 5) is 35.3. The van der Waals surface area contributed by atoms with Gasteiger partial charge in [-0.25, -0.2) is 18.7 Å². The normalized spacial score (nSPS) is 24.2. The Balaban J connectivity index is 1.49. The molecule has 6 nitrogen and oxygen atoms in total. The van der Waals surface area contributed by atoms with E-state index in [0.717, 1.165) is 18.9 Å². The molecular formula is C21H22F2N4O2. The molecule has 1 aliphatic carbocycles. The predicted molar refractivity (Wildman–Crippen MR) is 102 cm³/mol. The Morgan fingerprint density at radius 2 is 2.00 bits per heavy atom. The van der Waals surface area contributed by atoms with Crippen molar-refractivity contribution in [2.45, 2.75) is 45.1 Å². The molecule has 2 fully saturated rings. The van der Waals surface area contributed by atoms with Gasteiger partial charge in [0.05, 0.1) is 5.41 Å². The van der Waals surface area contributed by atoms with Crippen LogP contribution in [0.5, 0.6) is 0 Å². The zero-order valence-corrected chi connectivity index (χ0v) is 16.1. The molecule has 2 heterocycles. The summed E-state index contributed by atoms with van der Waals surface area (Å²) < 4.78 is 27.2. The fraction of sp³-hybridized carbons (Fsp3) is 0.429. The number of nitrogens with zero attached hydrogens (tertiary/aromatic N) is 3. The van der Waals surface area contributed by atoms with E-state index in [1.54, 1.807) is 13.0 Å². The summed E-state index contributed by atoms with van der Waals surface area (Å²) in [7, 11) is 0. The third-order valence-corrected chi connectivity index (χ3v) is 5.86. The molecule has 2 amide bonds. The lowest BCUT2D eigenvalue weighted by atomic mass is 9.71. The number of carbonyl (C=O) groups is 2. The number of nitrogens with one attached hydrogen (secondary N) is 1. The maximum absolute atomic E-state index is 13.6. The van der Waals surface area contributed by atoms with Crippen LogP contribution in [0.4, 0.5) is 14.5 Å². The third-order valence-electron chi connectivity index (χ3n) is 5.86. The molecule has 1 spiro atoms. The van der Waals surface area contributed by atoms with Crippen LogP contribution >= 0.6 is 0 Å². The largest absolute Gasteiger partial charge is 0.348 e. The van der Waals surface area contributed by atoms with Crippen molar-refractivity contribution in [2.24, 2.45) is 5.41 Å². The fourth-order valence-electron chi connectivity index (χ4n) is 4.51. The number of benzene rings is 1. The van der Waals surface area contributed by atoms with E-state index in [0.29, 0.717) is 37.3 Å². The van der Waals surface area contributed by atoms with Crippen LogP contribution in [0.1, 0.15) is 48.4 Å². The lowest BCUT2D eigenvalue weighted by Crippen LogP contribution is -2.46. The van der Waals surface area contributed by atoms with Crippen molar-refractivity contribution in [3.8, 4) is 0 Å². The zero-order valence-electron chi connectivity index (χ0n) is 16.1. The SMILES string of the molecule is Cc1nccc(C(=O)N[C@@H]2CCCC3(CCN(c4cc(F)cc(F)c4)C3=O)C2)n1. The van der Waals surface area contributed by atoms with E-state index in [4.69, 9.17) is 0 Å². The molecule has 1 saturated heterocycles. The van der Waals surface area contributed by atoms with Gasteiger partial charge in [-0.1, -0.05) is 6.42 Å². The number of carbonyl (C=O) groups excluding carboxylic acids is 2. The molecule has 2 aromatic rings. The number of hydrogen-bond donors (Lipinski definition) is 1. The average molecular weight is 400 g/mol. The Labute approximate surface area is 167 Å². The Bertz CT molecular complexity index is 947. The molecule has 2 atom stereocenters. The van der Waals surface area contributed by atoms with Gasteiger partial charge in [0.15, 0.2) is 0 Å². The first-order valence-electron chi connectivity index (χ1n) is 9.75. The molecule has 29 heavy (non-hydrogen) atoms. The minimum Gasteiger partial charge on any atom is -0.348 e. The second kappa shape index (κ2) is 7.50. The molecule has 8 heteroatoms. The van der Waals surface area contributed by atoms with Crippen molar-refractivity contribution < 1.29 is 18.4 Å². The molecular weight excluding hydrogens is 378 g/mol. The molecule has 2 aliphatic rings. The van der Waals surface area contributed by atoms with E-state index < -0.39 is 17.0 Å². The highest BCUT2D eigenvalue weighted by molar-refractivity contribution is 6.00. The van der Waals surface area contributed by atoms with Gasteiger partial charge in [0.2, 0.25) is 5.91 Å². The van der Waals surface area contributed by atoms with Gasteiger partial charge in [0.1, 0.15) is 23.2 Å². The zero-order chi connectivity index (χ0) is 20.6. The Hall–Kier alpha value is -2.90. The predicted octanol–water partition coefficient (Wildman–Crippen LogP) is 3.16. The highest BCUT2D eigenvalue weighted by Gasteiger charge is 2.49. The molecule has 1 aromatic carbocycles. The highest BCUT2D eigenvalue weighted by atomic mass is 19.1. The van der Waals surface area contributed by atoms with Crippen molar-refractivity contribution >= 4 is 17.5 Å². The van der Waals surface area contributed by atoms with Crippen LogP contribution in [0.25, 0.3) is 0 Å². The minimum absolute atomic E-state index is 0.126. The maximum atomic E-state index is 13.6. The topological polar surface area (TPSA) is 75.2 Å². The molecule has 152 valence electrons. The van der Waals surface area contributed by atoms with Gasteiger partial charge in [0, 0.05) is 30.5 Å². The molecule has 1 N–H and O–H groups in total. The molecule has 1 unspecified atom stereocenters. The quantitative estimate of drug-likeness (QED) is 0.859. The Morgan fingerprint density at radius 1 is 1.24 bits per heavy atom. The van der Waals surface area contributed by atoms with Gasteiger partial charge < -0.3 is 10.2 Å². The van der Waals surface area contributed by atoms with E-state index in [1.807, 2.05) is 0 Å². The first-order valence-corrected chi connectivity index (χ1v) is 9.75. The van der Waals surface area contributed by atoms with E-state index in [9.17, 15) is 18.4 Å². The van der Waals surface area contributed by atoms with E-state index >= 15 is 0 Å². The first kappa shape index (κ1) is 19.4. The van der Waals surface area contributed by atoms with Crippen molar-refractivity contribution in [3.63, 3.8) is 0 Å². The standard InChI is InChI=1S/C21H22F2N4O2/c1-13-24-7-4-18(25-13)19(28)26-16-3-2-5-21(12-16)6-8-27(20(21)29)17-10-14(22)9-15(23)11-17/h4,7,9-11,16H,2-3,5-6,8,12H2,1H3,(H,26,28)/t16-,21?/m1/s1. The minimum atomic E-state index is -0.706. The molecule has 4 rings (SSSR count). The Morgan fingerprint density at radius 3 is 2.72 bits per heavy atom. The van der Waals surface area contributed by atoms with Crippen LogP contribution in [-0.2, 0) is 4.79 Å². The van der Waals surface area contributed by atoms with Gasteiger partial charge in [-0.3, -0.25) is 9.59 Å². The van der Waals surface area contributed by atoms with Gasteiger partial charge in [-0.2, -0.15) is 0 Å². The number of aromatic nitrogens is 2. The number of rotatable bonds is 3. The van der Waals surface area contributed by atoms with Crippen LogP contribution in [0.15, 0.2) is 30.5 Å². The molecule has 1 saturated carbocycles. The first-order chi connectivity index (χ1) is 13.9. The van der Waals surface area contributed by atoms with Gasteiger partial charge in [-0.15, -0.1) is 0 Å². The molecule has 0 radical (unpaired) electrons. The monoisotopic (exact) mass is 400 g/mol. The molecule has 1 aliphatic heterocycles. The summed E-state index contributed by atoms with van der Waals surface area (Å²) >= 11 is 0. The summed E-state index contributed by atoms with van der Waals surface area (Å²) in [5.41, 5.74) is -0.0700. The summed E-state index contributed by atoms with van der Waals surface area (Å²) in [6.07, 6.45) is 4.93. The summed E-state index contributed by atoms with van der Waals surface area (Å²) in [5, 5.41) is 2.99. The average Bonchev–Trinajstić information content (AvgIpc) is 2.97. The molecule has 0 bridgehead atoms. The second-order valence-electron chi connectivity index (χ2n) is 7.87. The van der Waals surface area contributed by atoms with E-state index in [-0.39, 0.29) is 23.5 Å². The lowest BCUT2D eigenvalue weighted by molar-refractivity contribution is -0.127.